The second-order valence-electron chi connectivity index (χ2n) is 9.81. The molecule has 222 valence electrons. The van der Waals surface area contributed by atoms with Crippen LogP contribution in [0.1, 0.15) is 12.1 Å². The fourth-order valence-electron chi connectivity index (χ4n) is 4.32. The normalized spacial score (nSPS) is 18.3. The van der Waals surface area contributed by atoms with Crippen LogP contribution < -0.4 is 20.7 Å². The Morgan fingerprint density at radius 2 is 2.00 bits per heavy atom. The zero-order valence-corrected chi connectivity index (χ0v) is 24.0. The SMILES string of the molecule is CN1CC[C@@H](Nc2cccn3c(SC(F)(F)F)c(C#CCNc4ccc(P(C)(C)=O)cc4OC(F)F)nc23)[C@@H](F)C1. The molecule has 2 aromatic heterocycles. The van der Waals surface area contributed by atoms with Crippen molar-refractivity contribution in [3.63, 3.8) is 0 Å². The summed E-state index contributed by atoms with van der Waals surface area (Å²) in [4.78, 5) is 6.20. The van der Waals surface area contributed by atoms with Crippen LogP contribution in [0.4, 0.5) is 37.7 Å². The van der Waals surface area contributed by atoms with Gasteiger partial charge in [-0.1, -0.05) is 5.92 Å². The molecule has 4 rings (SSSR count). The van der Waals surface area contributed by atoms with Gasteiger partial charge in [-0.3, -0.25) is 4.40 Å². The number of ether oxygens (including phenoxy) is 1. The second kappa shape index (κ2) is 12.5. The number of hydrogen-bond acceptors (Lipinski definition) is 7. The lowest BCUT2D eigenvalue weighted by molar-refractivity contribution is -0.0493. The zero-order valence-electron chi connectivity index (χ0n) is 22.3. The molecule has 41 heavy (non-hydrogen) atoms. The summed E-state index contributed by atoms with van der Waals surface area (Å²) in [7, 11) is -0.939. The molecular formula is C26H28F6N5O2PS. The highest BCUT2D eigenvalue weighted by atomic mass is 32.2. The Morgan fingerprint density at radius 3 is 2.66 bits per heavy atom. The topological polar surface area (TPSA) is 70.9 Å². The van der Waals surface area contributed by atoms with Gasteiger partial charge in [-0.05, 0) is 63.1 Å². The van der Waals surface area contributed by atoms with Gasteiger partial charge in [0.2, 0.25) is 0 Å². The lowest BCUT2D eigenvalue weighted by atomic mass is 10.0. The predicted molar refractivity (Wildman–Crippen MR) is 149 cm³/mol. The first-order valence-electron chi connectivity index (χ1n) is 12.4. The highest BCUT2D eigenvalue weighted by molar-refractivity contribution is 8.00. The summed E-state index contributed by atoms with van der Waals surface area (Å²) in [6.07, 6.45) is 0.754. The number of nitrogens with zero attached hydrogens (tertiary/aromatic N) is 3. The molecule has 1 aromatic carbocycles. The number of benzene rings is 1. The summed E-state index contributed by atoms with van der Waals surface area (Å²) >= 11 is -0.374. The molecule has 1 aliphatic heterocycles. The van der Waals surface area contributed by atoms with Crippen LogP contribution in [0.5, 0.6) is 5.75 Å². The molecule has 15 heteroatoms. The molecule has 3 aromatic rings. The largest absolute Gasteiger partial charge is 0.447 e. The van der Waals surface area contributed by atoms with Crippen LogP contribution in [0, 0.1) is 11.8 Å². The van der Waals surface area contributed by atoms with Gasteiger partial charge in [-0.2, -0.15) is 22.0 Å². The fraction of sp³-hybridized carbons (Fsp3) is 0.423. The summed E-state index contributed by atoms with van der Waals surface area (Å²) < 4.78 is 99.1. The first-order valence-corrected chi connectivity index (χ1v) is 15.9. The van der Waals surface area contributed by atoms with Gasteiger partial charge in [0, 0.05) is 36.4 Å². The van der Waals surface area contributed by atoms with Crippen molar-refractivity contribution in [2.24, 2.45) is 0 Å². The number of piperidine rings is 1. The van der Waals surface area contributed by atoms with E-state index in [0.717, 1.165) is 0 Å². The minimum atomic E-state index is -4.63. The molecule has 0 aliphatic carbocycles. The Labute approximate surface area is 237 Å². The van der Waals surface area contributed by atoms with Crippen molar-refractivity contribution in [2.75, 3.05) is 50.6 Å². The van der Waals surface area contributed by atoms with Gasteiger partial charge in [0.25, 0.3) is 0 Å². The van der Waals surface area contributed by atoms with Crippen molar-refractivity contribution in [3.05, 3.63) is 42.2 Å². The molecule has 7 nitrogen and oxygen atoms in total. The summed E-state index contributed by atoms with van der Waals surface area (Å²) in [5.41, 5.74) is -4.11. The molecule has 1 fully saturated rings. The molecule has 0 radical (unpaired) electrons. The van der Waals surface area contributed by atoms with Gasteiger partial charge < -0.3 is 24.8 Å². The van der Waals surface area contributed by atoms with E-state index in [4.69, 9.17) is 0 Å². The lowest BCUT2D eigenvalue weighted by Crippen LogP contribution is -2.46. The number of halogens is 6. The van der Waals surface area contributed by atoms with Crippen LogP contribution in [0.2, 0.25) is 0 Å². The third-order valence-corrected chi connectivity index (χ3v) is 8.62. The van der Waals surface area contributed by atoms with Gasteiger partial charge in [0.05, 0.1) is 24.0 Å². The standard InChI is InChI=1S/C26H28F6N5O2PS/c1-36-13-10-18(17(27)15-36)34-20-7-5-12-37-23(20)35-21(24(37)41-26(30,31)32)6-4-11-33-19-9-8-16(40(2,3)38)14-22(19)39-25(28)29/h5,7-9,12,14,17-18,25,33-34H,10-11,13,15H2,1-3H3/t17-,18+/m0/s1. The Kier molecular flexibility index (Phi) is 9.41. The average Bonchev–Trinajstić information content (AvgIpc) is 3.20. The summed E-state index contributed by atoms with van der Waals surface area (Å²) in [5.74, 6) is 5.07. The number of aromatic nitrogens is 2. The predicted octanol–water partition coefficient (Wildman–Crippen LogP) is 5.71. The molecular weight excluding hydrogens is 591 g/mol. The van der Waals surface area contributed by atoms with E-state index in [9.17, 15) is 30.9 Å². The van der Waals surface area contributed by atoms with Gasteiger partial charge >= 0.3 is 12.1 Å². The first-order chi connectivity index (χ1) is 19.2. The molecule has 0 spiro atoms. The number of alkyl halides is 6. The summed E-state index contributed by atoms with van der Waals surface area (Å²) in [5, 5.41) is 5.96. The Bertz CT molecular complexity index is 1500. The van der Waals surface area contributed by atoms with Crippen molar-refractivity contribution >= 4 is 41.2 Å². The highest BCUT2D eigenvalue weighted by Crippen LogP contribution is 2.40. The van der Waals surface area contributed by atoms with Gasteiger partial charge in [-0.15, -0.1) is 0 Å². The smallest absolute Gasteiger partial charge is 0.433 e. The number of rotatable bonds is 8. The number of hydrogen-bond donors (Lipinski definition) is 2. The lowest BCUT2D eigenvalue weighted by Gasteiger charge is -2.33. The number of nitrogens with one attached hydrogen (secondary N) is 2. The van der Waals surface area contributed by atoms with Gasteiger partial charge in [-0.25, -0.2) is 9.37 Å². The third-order valence-electron chi connectivity index (χ3n) is 6.28. The van der Waals surface area contributed by atoms with Crippen LogP contribution in [0.25, 0.3) is 5.65 Å². The Hall–Kier alpha value is -3.01. The molecule has 0 unspecified atom stereocenters. The zero-order chi connectivity index (χ0) is 29.9. The highest BCUT2D eigenvalue weighted by Gasteiger charge is 2.34. The van der Waals surface area contributed by atoms with Crippen LogP contribution >= 0.6 is 18.9 Å². The van der Waals surface area contributed by atoms with Crippen LogP contribution in [0.3, 0.4) is 0 Å². The maximum atomic E-state index is 14.6. The Morgan fingerprint density at radius 1 is 1.24 bits per heavy atom. The molecule has 2 atom stereocenters. The molecule has 0 bridgehead atoms. The molecule has 1 aliphatic rings. The van der Waals surface area contributed by atoms with E-state index < -0.39 is 31.5 Å². The van der Waals surface area contributed by atoms with Crippen molar-refractivity contribution < 1.29 is 35.6 Å². The molecule has 0 saturated carbocycles. The van der Waals surface area contributed by atoms with Gasteiger partial charge in [0.15, 0.2) is 5.65 Å². The van der Waals surface area contributed by atoms with E-state index in [1.165, 1.54) is 48.2 Å². The minimum Gasteiger partial charge on any atom is -0.433 e. The number of anilines is 2. The first kappa shape index (κ1) is 30.9. The van der Waals surface area contributed by atoms with Gasteiger partial charge in [0.1, 0.15) is 29.8 Å². The number of pyridine rings is 1. The third kappa shape index (κ3) is 8.05. The number of likely N-dealkylation sites (tertiary alicyclic amines) is 1. The van der Waals surface area contributed by atoms with E-state index >= 15 is 0 Å². The van der Waals surface area contributed by atoms with Crippen molar-refractivity contribution in [3.8, 4) is 17.6 Å². The molecule has 0 amide bonds. The summed E-state index contributed by atoms with van der Waals surface area (Å²) in [6.45, 7) is 0.596. The van der Waals surface area contributed by atoms with E-state index in [-0.39, 0.29) is 52.7 Å². The minimum absolute atomic E-state index is 0.141. The van der Waals surface area contributed by atoms with E-state index in [1.807, 2.05) is 11.9 Å². The average molecular weight is 620 g/mol. The molecule has 1 saturated heterocycles. The summed E-state index contributed by atoms with van der Waals surface area (Å²) in [6, 6.07) is 6.81. The molecule has 2 N–H and O–H groups in total. The Balaban J connectivity index is 1.61. The number of imidazole rings is 1. The van der Waals surface area contributed by atoms with Crippen molar-refractivity contribution in [2.45, 2.75) is 35.8 Å². The maximum Gasteiger partial charge on any atom is 0.447 e. The van der Waals surface area contributed by atoms with Crippen molar-refractivity contribution in [1.82, 2.24) is 14.3 Å². The van der Waals surface area contributed by atoms with Crippen LogP contribution in [-0.4, -0.2) is 78.6 Å². The van der Waals surface area contributed by atoms with E-state index in [2.05, 4.69) is 32.2 Å². The number of fused-ring (bicyclic) bond motifs is 1. The second-order valence-corrected chi connectivity index (χ2v) is 14.1. The monoisotopic (exact) mass is 619 g/mol. The van der Waals surface area contributed by atoms with Crippen LogP contribution in [0.15, 0.2) is 41.6 Å². The molecule has 3 heterocycles. The van der Waals surface area contributed by atoms with Crippen molar-refractivity contribution in [1.29, 1.82) is 0 Å². The quantitative estimate of drug-likeness (QED) is 0.145. The van der Waals surface area contributed by atoms with E-state index in [1.54, 1.807) is 6.07 Å². The maximum absolute atomic E-state index is 14.6. The number of thioether (sulfide) groups is 1. The van der Waals surface area contributed by atoms with Crippen LogP contribution in [-0.2, 0) is 4.57 Å². The van der Waals surface area contributed by atoms with E-state index in [0.29, 0.717) is 24.0 Å². The fourth-order valence-corrected chi connectivity index (χ4v) is 5.84.